The molecular weight excluding hydrogens is 260 g/mol. The Morgan fingerprint density at radius 2 is 1.86 bits per heavy atom. The Labute approximate surface area is 127 Å². The van der Waals surface area contributed by atoms with Crippen LogP contribution in [-0.4, -0.2) is 22.2 Å². The Kier molecular flexibility index (Phi) is 4.76. The third kappa shape index (κ3) is 4.66. The molecule has 1 aromatic carbocycles. The summed E-state index contributed by atoms with van der Waals surface area (Å²) >= 11 is 0. The minimum Gasteiger partial charge on any atom is -0.385 e. The summed E-state index contributed by atoms with van der Waals surface area (Å²) in [4.78, 5) is 4.59. The lowest BCUT2D eigenvalue weighted by Gasteiger charge is -2.22. The van der Waals surface area contributed by atoms with Gasteiger partial charge in [-0.15, -0.1) is 0 Å². The highest BCUT2D eigenvalue weighted by atomic mass is 16.3. The van der Waals surface area contributed by atoms with Crippen LogP contribution in [0, 0.1) is 6.92 Å². The van der Waals surface area contributed by atoms with E-state index in [1.54, 1.807) is 0 Å². The molecule has 0 spiro atoms. The van der Waals surface area contributed by atoms with Gasteiger partial charge in [0.2, 0.25) is 0 Å². The molecule has 112 valence electrons. The summed E-state index contributed by atoms with van der Waals surface area (Å²) in [5, 5.41) is 13.6. The van der Waals surface area contributed by atoms with E-state index in [0.29, 0.717) is 12.2 Å². The van der Waals surface area contributed by atoms with Crippen LogP contribution in [0.2, 0.25) is 0 Å². The molecule has 0 fully saturated rings. The van der Waals surface area contributed by atoms with Crippen molar-refractivity contribution >= 4 is 0 Å². The molecule has 2 N–H and O–H groups in total. The Hall–Kier alpha value is -1.71. The van der Waals surface area contributed by atoms with Gasteiger partial charge in [-0.2, -0.15) is 0 Å². The predicted molar refractivity (Wildman–Crippen MR) is 87.1 cm³/mol. The first-order valence-corrected chi connectivity index (χ1v) is 7.32. The third-order valence-corrected chi connectivity index (χ3v) is 3.25. The Bertz CT molecular complexity index is 602. The smallest absolute Gasteiger partial charge is 0.108 e. The molecule has 21 heavy (non-hydrogen) atoms. The molecular formula is C18H24N2O. The van der Waals surface area contributed by atoms with Gasteiger partial charge in [-0.05, 0) is 45.9 Å². The normalized spacial score (nSPS) is 13.2. The molecule has 0 radical (unpaired) electrons. The van der Waals surface area contributed by atoms with Gasteiger partial charge in [-0.1, -0.05) is 29.8 Å². The largest absolute Gasteiger partial charge is 0.385 e. The van der Waals surface area contributed by atoms with Crippen molar-refractivity contribution in [2.45, 2.75) is 39.3 Å². The van der Waals surface area contributed by atoms with Gasteiger partial charge in [0.1, 0.15) is 6.10 Å². The van der Waals surface area contributed by atoms with E-state index in [1.807, 2.05) is 30.3 Å². The molecule has 0 aliphatic heterocycles. The number of nitrogens with zero attached hydrogens (tertiary/aromatic N) is 1. The second-order valence-corrected chi connectivity index (χ2v) is 6.46. The maximum atomic E-state index is 10.3. The van der Waals surface area contributed by atoms with E-state index in [4.69, 9.17) is 0 Å². The van der Waals surface area contributed by atoms with Crippen molar-refractivity contribution in [3.8, 4) is 11.3 Å². The summed E-state index contributed by atoms with van der Waals surface area (Å²) in [6.07, 6.45) is -0.603. The fourth-order valence-corrected chi connectivity index (χ4v) is 2.11. The second-order valence-electron chi connectivity index (χ2n) is 6.46. The van der Waals surface area contributed by atoms with Crippen LogP contribution in [0.25, 0.3) is 11.3 Å². The zero-order valence-corrected chi connectivity index (χ0v) is 13.2. The molecule has 0 aliphatic rings. The average molecular weight is 284 g/mol. The number of aliphatic hydroxyl groups excluding tert-OH is 1. The number of β-amino-alcohol motifs (C(OH)–C–C–N with tert-alkyl or cyclic N) is 1. The summed E-state index contributed by atoms with van der Waals surface area (Å²) in [5.41, 5.74) is 3.86. The fraction of sp³-hybridized carbons (Fsp3) is 0.389. The Morgan fingerprint density at radius 1 is 1.14 bits per heavy atom. The highest BCUT2D eigenvalue weighted by molar-refractivity contribution is 5.60. The first-order chi connectivity index (χ1) is 9.85. The van der Waals surface area contributed by atoms with Crippen molar-refractivity contribution in [1.29, 1.82) is 0 Å². The van der Waals surface area contributed by atoms with Gasteiger partial charge in [-0.25, -0.2) is 0 Å². The van der Waals surface area contributed by atoms with Gasteiger partial charge in [0, 0.05) is 17.6 Å². The standard InChI is InChI=1S/C18H24N2O/c1-13-7-5-8-14(11-13)15-9-6-10-16(20-15)17(21)12-19-18(2,3)4/h5-11,17,19,21H,12H2,1-4H3. The van der Waals surface area contributed by atoms with E-state index < -0.39 is 6.10 Å². The predicted octanol–water partition coefficient (Wildman–Crippen LogP) is 3.48. The molecule has 2 aromatic rings. The maximum absolute atomic E-state index is 10.3. The molecule has 1 heterocycles. The van der Waals surface area contributed by atoms with Gasteiger partial charge in [0.05, 0.1) is 11.4 Å². The van der Waals surface area contributed by atoms with Crippen LogP contribution in [0.1, 0.15) is 38.1 Å². The molecule has 0 saturated heterocycles. The lowest BCUT2D eigenvalue weighted by atomic mass is 10.1. The van der Waals surface area contributed by atoms with E-state index in [-0.39, 0.29) is 5.54 Å². The van der Waals surface area contributed by atoms with E-state index in [0.717, 1.165) is 11.3 Å². The van der Waals surface area contributed by atoms with Crippen LogP contribution in [0.4, 0.5) is 0 Å². The lowest BCUT2D eigenvalue weighted by molar-refractivity contribution is 0.159. The summed E-state index contributed by atoms with van der Waals surface area (Å²) < 4.78 is 0. The molecule has 1 unspecified atom stereocenters. The number of aromatic nitrogens is 1. The van der Waals surface area contributed by atoms with Crippen LogP contribution in [0.5, 0.6) is 0 Å². The SMILES string of the molecule is Cc1cccc(-c2cccc(C(O)CNC(C)(C)C)n2)c1. The van der Waals surface area contributed by atoms with Crippen LogP contribution in [0.3, 0.4) is 0 Å². The topological polar surface area (TPSA) is 45.1 Å². The summed E-state index contributed by atoms with van der Waals surface area (Å²) in [7, 11) is 0. The quantitative estimate of drug-likeness (QED) is 0.903. The van der Waals surface area contributed by atoms with Crippen molar-refractivity contribution in [2.75, 3.05) is 6.54 Å². The molecule has 3 nitrogen and oxygen atoms in total. The van der Waals surface area contributed by atoms with Crippen LogP contribution in [-0.2, 0) is 0 Å². The number of aliphatic hydroxyl groups is 1. The summed E-state index contributed by atoms with van der Waals surface area (Å²) in [6, 6.07) is 14.0. The molecule has 2 rings (SSSR count). The van der Waals surface area contributed by atoms with Crippen molar-refractivity contribution in [3.63, 3.8) is 0 Å². The van der Waals surface area contributed by atoms with Crippen LogP contribution < -0.4 is 5.32 Å². The molecule has 0 aliphatic carbocycles. The van der Waals surface area contributed by atoms with Crippen molar-refractivity contribution < 1.29 is 5.11 Å². The van der Waals surface area contributed by atoms with E-state index in [1.165, 1.54) is 5.56 Å². The number of hydrogen-bond acceptors (Lipinski definition) is 3. The maximum Gasteiger partial charge on any atom is 0.108 e. The minimum atomic E-state index is -0.603. The second kappa shape index (κ2) is 6.37. The van der Waals surface area contributed by atoms with Crippen molar-refractivity contribution in [3.05, 3.63) is 53.7 Å². The van der Waals surface area contributed by atoms with Gasteiger partial charge in [0.25, 0.3) is 0 Å². The van der Waals surface area contributed by atoms with Crippen molar-refractivity contribution in [1.82, 2.24) is 10.3 Å². The minimum absolute atomic E-state index is 0.0187. The zero-order valence-electron chi connectivity index (χ0n) is 13.2. The Morgan fingerprint density at radius 3 is 2.52 bits per heavy atom. The first-order valence-electron chi connectivity index (χ1n) is 7.32. The number of nitrogens with one attached hydrogen (secondary N) is 1. The third-order valence-electron chi connectivity index (χ3n) is 3.25. The summed E-state index contributed by atoms with van der Waals surface area (Å²) in [6.45, 7) is 8.80. The van der Waals surface area contributed by atoms with Gasteiger partial charge in [-0.3, -0.25) is 4.98 Å². The summed E-state index contributed by atoms with van der Waals surface area (Å²) in [5.74, 6) is 0. The Balaban J connectivity index is 2.18. The number of aryl methyl sites for hydroxylation is 1. The fourth-order valence-electron chi connectivity index (χ4n) is 2.11. The van der Waals surface area contributed by atoms with Gasteiger partial charge >= 0.3 is 0 Å². The van der Waals surface area contributed by atoms with Crippen LogP contribution >= 0.6 is 0 Å². The number of hydrogen-bond donors (Lipinski definition) is 2. The van der Waals surface area contributed by atoms with E-state index in [2.05, 4.69) is 50.1 Å². The van der Waals surface area contributed by atoms with E-state index >= 15 is 0 Å². The zero-order chi connectivity index (χ0) is 15.5. The number of pyridine rings is 1. The highest BCUT2D eigenvalue weighted by Gasteiger charge is 2.15. The lowest BCUT2D eigenvalue weighted by Crippen LogP contribution is -2.38. The first kappa shape index (κ1) is 15.7. The van der Waals surface area contributed by atoms with Gasteiger partial charge < -0.3 is 10.4 Å². The van der Waals surface area contributed by atoms with Crippen LogP contribution in [0.15, 0.2) is 42.5 Å². The van der Waals surface area contributed by atoms with Crippen molar-refractivity contribution in [2.24, 2.45) is 0 Å². The molecule has 0 saturated carbocycles. The monoisotopic (exact) mass is 284 g/mol. The molecule has 3 heteroatoms. The highest BCUT2D eigenvalue weighted by Crippen LogP contribution is 2.20. The molecule has 0 amide bonds. The molecule has 0 bridgehead atoms. The van der Waals surface area contributed by atoms with E-state index in [9.17, 15) is 5.11 Å². The number of benzene rings is 1. The average Bonchev–Trinajstić information content (AvgIpc) is 2.44. The molecule has 1 atom stereocenters. The van der Waals surface area contributed by atoms with Gasteiger partial charge in [0.15, 0.2) is 0 Å². The number of rotatable bonds is 4. The molecule has 1 aromatic heterocycles.